The van der Waals surface area contributed by atoms with E-state index in [1.54, 1.807) is 6.20 Å². The number of primary amides is 1. The molecular weight excluding hydrogens is 496 g/mol. The van der Waals surface area contributed by atoms with Crippen molar-refractivity contribution in [2.45, 2.75) is 86.0 Å². The third-order valence-electron chi connectivity index (χ3n) is 7.83. The number of rotatable bonds is 9. The molecule has 4 rings (SSSR count). The van der Waals surface area contributed by atoms with Crippen LogP contribution in [0.15, 0.2) is 42.0 Å². The van der Waals surface area contributed by atoms with E-state index < -0.39 is 5.91 Å². The molecule has 0 radical (unpaired) electrons. The number of fused-ring (bicyclic) bond motifs is 1. The third kappa shape index (κ3) is 8.44. The molecule has 2 aromatic carbocycles. The van der Waals surface area contributed by atoms with Gasteiger partial charge in [0.2, 0.25) is 0 Å². The summed E-state index contributed by atoms with van der Waals surface area (Å²) in [6.07, 6.45) is 13.8. The average Bonchev–Trinajstić information content (AvgIpc) is 2.97. The van der Waals surface area contributed by atoms with E-state index in [0.717, 1.165) is 41.1 Å². The van der Waals surface area contributed by atoms with Gasteiger partial charge in [-0.1, -0.05) is 85.4 Å². The number of nitrogens with two attached hydrogens (primary N) is 1. The highest BCUT2D eigenvalue weighted by Crippen LogP contribution is 2.41. The molecule has 1 saturated carbocycles. The summed E-state index contributed by atoms with van der Waals surface area (Å²) in [6.45, 7) is 14.7. The normalized spacial score (nSPS) is 16.0. The van der Waals surface area contributed by atoms with Crippen LogP contribution in [0.3, 0.4) is 0 Å². The monoisotopic (exact) mass is 548 g/mol. The average molecular weight is 549 g/mol. The Bertz CT molecular complexity index is 1140. The van der Waals surface area contributed by atoms with Gasteiger partial charge in [0.15, 0.2) is 0 Å². The van der Waals surface area contributed by atoms with Crippen LogP contribution in [-0.2, 0) is 12.8 Å². The van der Waals surface area contributed by atoms with Crippen molar-refractivity contribution in [3.8, 4) is 11.1 Å². The molecule has 6 nitrogen and oxygen atoms in total. The van der Waals surface area contributed by atoms with Crippen LogP contribution in [0.25, 0.3) is 11.1 Å². The van der Waals surface area contributed by atoms with E-state index in [1.807, 2.05) is 38.1 Å². The Morgan fingerprint density at radius 2 is 1.90 bits per heavy atom. The van der Waals surface area contributed by atoms with Gasteiger partial charge in [0.1, 0.15) is 0 Å². The molecule has 0 bridgehead atoms. The highest BCUT2D eigenvalue weighted by atomic mass is 16.3. The molecule has 0 aromatic heterocycles. The van der Waals surface area contributed by atoms with Gasteiger partial charge in [0, 0.05) is 19.8 Å². The van der Waals surface area contributed by atoms with E-state index in [-0.39, 0.29) is 6.61 Å². The van der Waals surface area contributed by atoms with Crippen molar-refractivity contribution >= 4 is 29.2 Å². The van der Waals surface area contributed by atoms with Crippen LogP contribution >= 0.6 is 0 Å². The number of aliphatic imine (C=N–C) groups is 1. The summed E-state index contributed by atoms with van der Waals surface area (Å²) < 4.78 is 0. The number of amides is 1. The molecule has 1 aliphatic carbocycles. The van der Waals surface area contributed by atoms with Gasteiger partial charge in [0.25, 0.3) is 5.91 Å². The fraction of sp³-hybridized carbons (Fsp3) is 0.529. The maximum absolute atomic E-state index is 12.4. The fourth-order valence-electron chi connectivity index (χ4n) is 5.52. The maximum Gasteiger partial charge on any atom is 0.252 e. The van der Waals surface area contributed by atoms with Crippen molar-refractivity contribution in [3.05, 3.63) is 53.7 Å². The van der Waals surface area contributed by atoms with Gasteiger partial charge < -0.3 is 21.1 Å². The van der Waals surface area contributed by atoms with Crippen LogP contribution in [0.4, 0.5) is 17.1 Å². The number of likely N-dealkylation sites (N-methyl/N-ethyl adjacent to an activating group) is 1. The summed E-state index contributed by atoms with van der Waals surface area (Å²) in [6, 6.07) is 8.39. The molecule has 1 atom stereocenters. The Morgan fingerprint density at radius 3 is 2.42 bits per heavy atom. The van der Waals surface area contributed by atoms with Gasteiger partial charge in [-0.3, -0.25) is 9.79 Å². The zero-order chi connectivity index (χ0) is 29.7. The number of nitrogens with zero attached hydrogens (tertiary/aromatic N) is 2. The minimum Gasteiger partial charge on any atom is -0.395 e. The van der Waals surface area contributed by atoms with Gasteiger partial charge in [0.05, 0.1) is 29.2 Å². The molecule has 1 aliphatic heterocycles. The first-order valence-corrected chi connectivity index (χ1v) is 15.2. The SMILES string of the molecule is C=CNc1c(CC)c(-c2ccc3c(c2)N=CC(CC)C3)cc(N(C)CCO)c1C(N)=O.CC.CC1CCCCC1. The van der Waals surface area contributed by atoms with Crippen molar-refractivity contribution in [1.29, 1.82) is 0 Å². The molecule has 40 heavy (non-hydrogen) atoms. The highest BCUT2D eigenvalue weighted by molar-refractivity contribution is 6.07. The lowest BCUT2D eigenvalue weighted by Crippen LogP contribution is -2.26. The Morgan fingerprint density at radius 1 is 1.20 bits per heavy atom. The number of aliphatic hydroxyl groups is 1. The van der Waals surface area contributed by atoms with E-state index in [0.29, 0.717) is 35.8 Å². The number of hydrogen-bond acceptors (Lipinski definition) is 5. The number of carbonyl (C=O) groups is 1. The van der Waals surface area contributed by atoms with E-state index in [4.69, 9.17) is 10.7 Å². The van der Waals surface area contributed by atoms with Crippen molar-refractivity contribution in [2.75, 3.05) is 30.4 Å². The van der Waals surface area contributed by atoms with Gasteiger partial charge >= 0.3 is 0 Å². The minimum absolute atomic E-state index is 0.0318. The molecule has 2 aliphatic rings. The van der Waals surface area contributed by atoms with Crippen molar-refractivity contribution in [1.82, 2.24) is 0 Å². The first kappa shape index (κ1) is 33.1. The molecule has 1 unspecified atom stereocenters. The summed E-state index contributed by atoms with van der Waals surface area (Å²) in [5.74, 6) is 1.00. The van der Waals surface area contributed by atoms with Crippen LogP contribution in [0.2, 0.25) is 0 Å². The summed E-state index contributed by atoms with van der Waals surface area (Å²) in [5, 5.41) is 12.6. The molecule has 220 valence electrons. The van der Waals surface area contributed by atoms with E-state index in [9.17, 15) is 9.90 Å². The van der Waals surface area contributed by atoms with E-state index in [2.05, 4.69) is 50.9 Å². The number of benzene rings is 2. The first-order chi connectivity index (χ1) is 19.3. The van der Waals surface area contributed by atoms with Gasteiger partial charge in [-0.15, -0.1) is 0 Å². The number of anilines is 2. The summed E-state index contributed by atoms with van der Waals surface area (Å²) in [4.78, 5) is 19.0. The second kappa shape index (κ2) is 16.9. The van der Waals surface area contributed by atoms with Crippen LogP contribution in [-0.4, -0.2) is 37.4 Å². The molecule has 1 heterocycles. The van der Waals surface area contributed by atoms with Crippen molar-refractivity contribution in [3.63, 3.8) is 0 Å². The van der Waals surface area contributed by atoms with Crippen LogP contribution in [0.5, 0.6) is 0 Å². The Labute approximate surface area is 242 Å². The van der Waals surface area contributed by atoms with Crippen LogP contribution < -0.4 is 16.0 Å². The molecule has 2 aromatic rings. The lowest BCUT2D eigenvalue weighted by atomic mass is 9.88. The number of aliphatic hydroxyl groups excluding tert-OH is 1. The summed E-state index contributed by atoms with van der Waals surface area (Å²) >= 11 is 0. The van der Waals surface area contributed by atoms with Gasteiger partial charge in [-0.25, -0.2) is 0 Å². The Hall–Kier alpha value is -3.12. The number of hydrogen-bond donors (Lipinski definition) is 3. The second-order valence-electron chi connectivity index (χ2n) is 10.6. The standard InChI is InChI=1S/C25H32N4O2.C7H14.C2H6/c1-5-16-12-18-9-8-17(13-21(18)28-15-16)20-14-22(29(4)10-11-30)23(25(26)31)24(27-7-3)19(20)6-2;1-7-5-3-2-4-6-7;1-2/h7-9,13-16,27,30H,3,5-6,10-12H2,1-2,4H3,(H2,26,31);7H,2-6H2,1H3;1-2H3. The largest absolute Gasteiger partial charge is 0.395 e. The Kier molecular flexibility index (Phi) is 13.9. The molecule has 1 fully saturated rings. The Balaban J connectivity index is 0.000000534. The smallest absolute Gasteiger partial charge is 0.252 e. The summed E-state index contributed by atoms with van der Waals surface area (Å²) in [7, 11) is 1.84. The molecular formula is C34H52N4O2. The van der Waals surface area contributed by atoms with Crippen LogP contribution in [0, 0.1) is 11.8 Å². The summed E-state index contributed by atoms with van der Waals surface area (Å²) in [5.41, 5.74) is 12.8. The zero-order valence-corrected chi connectivity index (χ0v) is 25.7. The second-order valence-corrected chi connectivity index (χ2v) is 10.6. The number of nitrogens with one attached hydrogen (secondary N) is 1. The lowest BCUT2D eigenvalue weighted by Gasteiger charge is -2.26. The number of carbonyl (C=O) groups excluding carboxylic acids is 1. The van der Waals surface area contributed by atoms with E-state index >= 15 is 0 Å². The predicted molar refractivity (Wildman–Crippen MR) is 173 cm³/mol. The van der Waals surface area contributed by atoms with Crippen molar-refractivity contribution in [2.24, 2.45) is 22.6 Å². The maximum atomic E-state index is 12.4. The van der Waals surface area contributed by atoms with E-state index in [1.165, 1.54) is 37.7 Å². The topological polar surface area (TPSA) is 90.9 Å². The molecule has 1 amide bonds. The highest BCUT2D eigenvalue weighted by Gasteiger charge is 2.24. The quantitative estimate of drug-likeness (QED) is 0.297. The minimum atomic E-state index is -0.522. The molecule has 0 spiro atoms. The van der Waals surface area contributed by atoms with Crippen LogP contribution in [0.1, 0.15) is 94.6 Å². The third-order valence-corrected chi connectivity index (χ3v) is 7.83. The molecule has 4 N–H and O–H groups in total. The first-order valence-electron chi connectivity index (χ1n) is 15.2. The lowest BCUT2D eigenvalue weighted by molar-refractivity contribution is 0.100. The van der Waals surface area contributed by atoms with Gasteiger partial charge in [-0.05, 0) is 71.7 Å². The zero-order valence-electron chi connectivity index (χ0n) is 25.7. The van der Waals surface area contributed by atoms with Gasteiger partial charge in [-0.2, -0.15) is 0 Å². The fourth-order valence-corrected chi connectivity index (χ4v) is 5.52. The predicted octanol–water partition coefficient (Wildman–Crippen LogP) is 7.90. The van der Waals surface area contributed by atoms with Crippen molar-refractivity contribution < 1.29 is 9.90 Å². The molecule has 6 heteroatoms. The molecule has 0 saturated heterocycles.